The van der Waals surface area contributed by atoms with E-state index in [2.05, 4.69) is 5.32 Å². The Morgan fingerprint density at radius 3 is 2.80 bits per heavy atom. The molecule has 1 saturated heterocycles. The number of ether oxygens (including phenoxy) is 2. The second kappa shape index (κ2) is 8.86. The van der Waals surface area contributed by atoms with Gasteiger partial charge in [0.05, 0.1) is 11.1 Å². The van der Waals surface area contributed by atoms with Crippen molar-refractivity contribution in [3.8, 4) is 5.75 Å². The van der Waals surface area contributed by atoms with Crippen LogP contribution in [-0.4, -0.2) is 19.3 Å². The van der Waals surface area contributed by atoms with Crippen molar-refractivity contribution in [2.24, 2.45) is 0 Å². The van der Waals surface area contributed by atoms with E-state index in [0.29, 0.717) is 16.6 Å². The number of benzene rings is 2. The minimum absolute atomic E-state index is 0.263. The summed E-state index contributed by atoms with van der Waals surface area (Å²) >= 11 is 12.2. The summed E-state index contributed by atoms with van der Waals surface area (Å²) in [5.41, 5.74) is 1.69. The summed E-state index contributed by atoms with van der Waals surface area (Å²) in [5.74, 6) is 0.365. The van der Waals surface area contributed by atoms with E-state index >= 15 is 0 Å². The van der Waals surface area contributed by atoms with Crippen LogP contribution in [0.15, 0.2) is 36.4 Å². The number of nitrogens with one attached hydrogen (secondary N) is 1. The highest BCUT2D eigenvalue weighted by Gasteiger charge is 2.15. The smallest absolute Gasteiger partial charge is 0.124 e. The molecule has 2 aromatic carbocycles. The maximum Gasteiger partial charge on any atom is 0.124 e. The minimum Gasteiger partial charge on any atom is -0.489 e. The zero-order valence-corrected chi connectivity index (χ0v) is 15.2. The van der Waals surface area contributed by atoms with E-state index in [9.17, 15) is 4.39 Å². The van der Waals surface area contributed by atoms with E-state index in [4.69, 9.17) is 32.7 Å². The number of hydrogen-bond donors (Lipinski definition) is 1. The summed E-state index contributed by atoms with van der Waals surface area (Å²) in [4.78, 5) is 0. The Labute approximate surface area is 157 Å². The average molecular weight is 384 g/mol. The van der Waals surface area contributed by atoms with Crippen LogP contribution in [0.25, 0.3) is 0 Å². The van der Waals surface area contributed by atoms with Crippen LogP contribution in [0.5, 0.6) is 5.75 Å². The van der Waals surface area contributed by atoms with Crippen molar-refractivity contribution < 1.29 is 13.9 Å². The fourth-order valence-corrected chi connectivity index (χ4v) is 3.21. The van der Waals surface area contributed by atoms with Crippen molar-refractivity contribution >= 4 is 23.2 Å². The van der Waals surface area contributed by atoms with Crippen LogP contribution in [0.1, 0.15) is 24.0 Å². The third-order valence-corrected chi connectivity index (χ3v) is 4.72. The quantitative estimate of drug-likeness (QED) is 0.731. The minimum atomic E-state index is -0.362. The summed E-state index contributed by atoms with van der Waals surface area (Å²) in [6, 6.07) is 9.78. The molecule has 3 rings (SSSR count). The summed E-state index contributed by atoms with van der Waals surface area (Å²) in [6.07, 6.45) is 2.49. The van der Waals surface area contributed by atoms with Crippen molar-refractivity contribution in [1.82, 2.24) is 5.32 Å². The maximum absolute atomic E-state index is 13.1. The lowest BCUT2D eigenvalue weighted by molar-refractivity contribution is 0.110. The van der Waals surface area contributed by atoms with Gasteiger partial charge in [0.1, 0.15) is 18.2 Å². The molecule has 134 valence electrons. The molecule has 1 N–H and O–H groups in total. The fraction of sp³-hybridized carbons (Fsp3) is 0.368. The Balaban J connectivity index is 1.61. The molecule has 0 spiro atoms. The highest BCUT2D eigenvalue weighted by Crippen LogP contribution is 2.25. The summed E-state index contributed by atoms with van der Waals surface area (Å²) < 4.78 is 24.6. The van der Waals surface area contributed by atoms with Gasteiger partial charge in [-0.2, -0.15) is 0 Å². The van der Waals surface area contributed by atoms with Gasteiger partial charge in [0.25, 0.3) is 0 Å². The lowest BCUT2D eigenvalue weighted by Gasteiger charge is -2.15. The van der Waals surface area contributed by atoms with Gasteiger partial charge in [-0.25, -0.2) is 4.39 Å². The van der Waals surface area contributed by atoms with Gasteiger partial charge < -0.3 is 14.8 Å². The third-order valence-electron chi connectivity index (χ3n) is 4.13. The lowest BCUT2D eigenvalue weighted by Crippen LogP contribution is -2.26. The lowest BCUT2D eigenvalue weighted by atomic mass is 10.2. The van der Waals surface area contributed by atoms with Crippen LogP contribution in [0.3, 0.4) is 0 Å². The van der Waals surface area contributed by atoms with Crippen LogP contribution in [0, 0.1) is 5.82 Å². The monoisotopic (exact) mass is 383 g/mol. The zero-order chi connectivity index (χ0) is 17.6. The molecule has 0 aromatic heterocycles. The molecular formula is C19H20Cl2FNO2. The highest BCUT2D eigenvalue weighted by atomic mass is 35.5. The normalized spacial score (nSPS) is 17.0. The predicted octanol–water partition coefficient (Wildman–Crippen LogP) is 4.98. The zero-order valence-electron chi connectivity index (χ0n) is 13.7. The van der Waals surface area contributed by atoms with E-state index in [1.54, 1.807) is 12.1 Å². The van der Waals surface area contributed by atoms with Crippen LogP contribution >= 0.6 is 23.2 Å². The van der Waals surface area contributed by atoms with Gasteiger partial charge in [-0.3, -0.25) is 0 Å². The van der Waals surface area contributed by atoms with Crippen molar-refractivity contribution in [3.63, 3.8) is 0 Å². The first-order valence-electron chi connectivity index (χ1n) is 8.29. The maximum atomic E-state index is 13.1. The Morgan fingerprint density at radius 1 is 1.16 bits per heavy atom. The van der Waals surface area contributed by atoms with Crippen molar-refractivity contribution in [2.75, 3.05) is 13.2 Å². The Bertz CT molecular complexity index is 721. The van der Waals surface area contributed by atoms with Crippen LogP contribution in [-0.2, 0) is 17.9 Å². The first kappa shape index (κ1) is 18.5. The molecule has 0 saturated carbocycles. The molecule has 25 heavy (non-hydrogen) atoms. The van der Waals surface area contributed by atoms with Gasteiger partial charge in [0, 0.05) is 35.8 Å². The number of halogens is 3. The van der Waals surface area contributed by atoms with Gasteiger partial charge in [-0.1, -0.05) is 29.3 Å². The largest absolute Gasteiger partial charge is 0.489 e. The molecule has 0 aliphatic carbocycles. The molecule has 3 nitrogen and oxygen atoms in total. The molecule has 1 fully saturated rings. The van der Waals surface area contributed by atoms with Crippen molar-refractivity contribution in [1.29, 1.82) is 0 Å². The third kappa shape index (κ3) is 5.32. The Kier molecular flexibility index (Phi) is 6.54. The van der Waals surface area contributed by atoms with Crippen molar-refractivity contribution in [2.45, 2.75) is 32.1 Å². The molecule has 0 bridgehead atoms. The standard InChI is InChI=1S/C19H20Cl2FNO2/c20-15-4-6-19(25-12-13-3-5-16(22)9-18(13)21)14(8-15)10-23-11-17-2-1-7-24-17/h3-6,8-9,17,23H,1-2,7,10-12H2/t17-/m1/s1. The van der Waals surface area contributed by atoms with Crippen molar-refractivity contribution in [3.05, 3.63) is 63.4 Å². The molecule has 2 aromatic rings. The Morgan fingerprint density at radius 2 is 2.04 bits per heavy atom. The predicted molar refractivity (Wildman–Crippen MR) is 97.9 cm³/mol. The van der Waals surface area contributed by atoms with Crippen LogP contribution in [0.2, 0.25) is 10.0 Å². The van der Waals surface area contributed by atoms with Crippen LogP contribution in [0.4, 0.5) is 4.39 Å². The molecule has 1 atom stereocenters. The SMILES string of the molecule is Fc1ccc(COc2ccc(Cl)cc2CNC[C@H]2CCCO2)c(Cl)c1. The van der Waals surface area contributed by atoms with E-state index < -0.39 is 0 Å². The molecule has 1 heterocycles. The van der Waals surface area contributed by atoms with Gasteiger partial charge in [-0.05, 0) is 43.2 Å². The Hall–Kier alpha value is -1.33. The molecule has 1 aliphatic rings. The summed E-state index contributed by atoms with van der Waals surface area (Å²) in [5, 5.41) is 4.40. The van der Waals surface area contributed by atoms with E-state index in [1.165, 1.54) is 12.1 Å². The van der Waals surface area contributed by atoms with Crippen LogP contribution < -0.4 is 10.1 Å². The summed E-state index contributed by atoms with van der Waals surface area (Å²) in [6.45, 7) is 2.54. The fourth-order valence-electron chi connectivity index (χ4n) is 2.79. The molecule has 1 aliphatic heterocycles. The van der Waals surface area contributed by atoms with E-state index in [1.807, 2.05) is 12.1 Å². The molecule has 6 heteroatoms. The molecule has 0 amide bonds. The number of hydrogen-bond acceptors (Lipinski definition) is 3. The van der Waals surface area contributed by atoms with Gasteiger partial charge >= 0.3 is 0 Å². The van der Waals surface area contributed by atoms with Gasteiger partial charge in [0.2, 0.25) is 0 Å². The number of rotatable bonds is 7. The second-order valence-electron chi connectivity index (χ2n) is 6.04. The van der Waals surface area contributed by atoms with Gasteiger partial charge in [0.15, 0.2) is 0 Å². The average Bonchev–Trinajstić information content (AvgIpc) is 3.09. The molecular weight excluding hydrogens is 364 g/mol. The first-order valence-corrected chi connectivity index (χ1v) is 9.05. The van der Waals surface area contributed by atoms with E-state index in [-0.39, 0.29) is 18.5 Å². The highest BCUT2D eigenvalue weighted by molar-refractivity contribution is 6.31. The summed E-state index contributed by atoms with van der Waals surface area (Å²) in [7, 11) is 0. The van der Waals surface area contributed by atoms with E-state index in [0.717, 1.165) is 42.9 Å². The topological polar surface area (TPSA) is 30.5 Å². The second-order valence-corrected chi connectivity index (χ2v) is 6.89. The van der Waals surface area contributed by atoms with Gasteiger partial charge in [-0.15, -0.1) is 0 Å². The molecule has 0 unspecified atom stereocenters. The first-order chi connectivity index (χ1) is 12.1. The molecule has 0 radical (unpaired) electrons.